The van der Waals surface area contributed by atoms with Gasteiger partial charge in [0.2, 0.25) is 21.8 Å². The van der Waals surface area contributed by atoms with E-state index in [1.807, 2.05) is 13.0 Å². The van der Waals surface area contributed by atoms with Gasteiger partial charge in [0.05, 0.1) is 19.1 Å². The molecule has 8 nitrogen and oxygen atoms in total. The standard InChI is InChI=1S/C24H32ClN3O5S/c1-6-21(24(30)26-7-2)27(15-18-9-8-10-20(14-18)33-4)23(29)16-28(34(5,31)32)22-12-11-19(25)13-17(22)3/h8-14,21H,6-7,15-16H2,1-5H3,(H,26,30). The number of methoxy groups -OCH3 is 1. The molecule has 1 atom stereocenters. The number of anilines is 1. The van der Waals surface area contributed by atoms with Gasteiger partial charge in [-0.05, 0) is 61.7 Å². The van der Waals surface area contributed by atoms with Crippen LogP contribution in [0.5, 0.6) is 5.75 Å². The molecule has 1 unspecified atom stereocenters. The molecule has 2 aromatic rings. The summed E-state index contributed by atoms with van der Waals surface area (Å²) in [6, 6.07) is 11.2. The van der Waals surface area contributed by atoms with Crippen LogP contribution in [0.3, 0.4) is 0 Å². The average molecular weight is 510 g/mol. The van der Waals surface area contributed by atoms with Gasteiger partial charge in [-0.3, -0.25) is 13.9 Å². The SMILES string of the molecule is CCNC(=O)C(CC)N(Cc1cccc(OC)c1)C(=O)CN(c1ccc(Cl)cc1C)S(C)(=O)=O. The van der Waals surface area contributed by atoms with Crippen LogP contribution in [0.15, 0.2) is 42.5 Å². The van der Waals surface area contributed by atoms with Crippen molar-refractivity contribution in [3.63, 3.8) is 0 Å². The minimum Gasteiger partial charge on any atom is -0.497 e. The van der Waals surface area contributed by atoms with E-state index in [0.717, 1.165) is 16.1 Å². The number of aryl methyl sites for hydroxylation is 1. The second kappa shape index (κ2) is 12.1. The number of likely N-dealkylation sites (N-methyl/N-ethyl adjacent to an activating group) is 1. The molecule has 34 heavy (non-hydrogen) atoms. The van der Waals surface area contributed by atoms with Crippen LogP contribution in [0, 0.1) is 6.92 Å². The highest BCUT2D eigenvalue weighted by atomic mass is 35.5. The van der Waals surface area contributed by atoms with Gasteiger partial charge < -0.3 is 15.0 Å². The smallest absolute Gasteiger partial charge is 0.244 e. The number of rotatable bonds is 11. The van der Waals surface area contributed by atoms with Crippen LogP contribution in [0.1, 0.15) is 31.4 Å². The maximum atomic E-state index is 13.6. The fourth-order valence-corrected chi connectivity index (χ4v) is 4.81. The first kappa shape index (κ1) is 27.5. The van der Waals surface area contributed by atoms with Crippen molar-refractivity contribution in [1.29, 1.82) is 0 Å². The molecule has 0 aliphatic rings. The van der Waals surface area contributed by atoms with Gasteiger partial charge in [-0.1, -0.05) is 30.7 Å². The number of nitrogens with zero attached hydrogens (tertiary/aromatic N) is 2. The van der Waals surface area contributed by atoms with E-state index in [1.165, 1.54) is 4.90 Å². The van der Waals surface area contributed by atoms with E-state index in [1.54, 1.807) is 57.4 Å². The third kappa shape index (κ3) is 7.11. The number of hydrogen-bond acceptors (Lipinski definition) is 5. The number of benzene rings is 2. The number of carbonyl (C=O) groups is 2. The van der Waals surface area contributed by atoms with Crippen LogP contribution in [0.4, 0.5) is 5.69 Å². The lowest BCUT2D eigenvalue weighted by Crippen LogP contribution is -2.52. The van der Waals surface area contributed by atoms with Crippen LogP contribution < -0.4 is 14.4 Å². The lowest BCUT2D eigenvalue weighted by Gasteiger charge is -2.33. The molecule has 0 spiro atoms. The monoisotopic (exact) mass is 509 g/mol. The van der Waals surface area contributed by atoms with Crippen molar-refractivity contribution in [1.82, 2.24) is 10.2 Å². The molecule has 2 aromatic carbocycles. The zero-order valence-electron chi connectivity index (χ0n) is 20.2. The normalized spacial score (nSPS) is 12.1. The predicted octanol–water partition coefficient (Wildman–Crippen LogP) is 3.37. The second-order valence-electron chi connectivity index (χ2n) is 7.89. The number of sulfonamides is 1. The molecule has 0 aliphatic carbocycles. The quantitative estimate of drug-likeness (QED) is 0.501. The Bertz CT molecular complexity index is 1120. The molecule has 0 radical (unpaired) electrons. The van der Waals surface area contributed by atoms with Gasteiger partial charge >= 0.3 is 0 Å². The number of nitrogens with one attached hydrogen (secondary N) is 1. The van der Waals surface area contributed by atoms with E-state index in [-0.39, 0.29) is 12.5 Å². The Morgan fingerprint density at radius 1 is 1.15 bits per heavy atom. The molecule has 0 fully saturated rings. The van der Waals surface area contributed by atoms with Crippen LogP contribution in [-0.2, 0) is 26.2 Å². The van der Waals surface area contributed by atoms with Crippen molar-refractivity contribution in [2.24, 2.45) is 0 Å². The molecule has 0 saturated carbocycles. The lowest BCUT2D eigenvalue weighted by atomic mass is 10.1. The summed E-state index contributed by atoms with van der Waals surface area (Å²) in [4.78, 5) is 27.8. The minimum atomic E-state index is -3.81. The molecule has 0 bridgehead atoms. The van der Waals surface area contributed by atoms with Crippen molar-refractivity contribution < 1.29 is 22.7 Å². The Labute approximate surface area is 206 Å². The molecule has 2 rings (SSSR count). The fraction of sp³-hybridized carbons (Fsp3) is 0.417. The maximum absolute atomic E-state index is 13.6. The molecule has 0 aliphatic heterocycles. The summed E-state index contributed by atoms with van der Waals surface area (Å²) in [5.41, 5.74) is 1.72. The van der Waals surface area contributed by atoms with Crippen molar-refractivity contribution in [2.45, 2.75) is 39.8 Å². The van der Waals surface area contributed by atoms with Crippen LogP contribution >= 0.6 is 11.6 Å². The van der Waals surface area contributed by atoms with Crippen molar-refractivity contribution >= 4 is 39.1 Å². The highest BCUT2D eigenvalue weighted by Crippen LogP contribution is 2.26. The Morgan fingerprint density at radius 2 is 1.85 bits per heavy atom. The molecule has 0 heterocycles. The number of carbonyl (C=O) groups excluding carboxylic acids is 2. The fourth-order valence-electron chi connectivity index (χ4n) is 3.67. The van der Waals surface area contributed by atoms with E-state index in [4.69, 9.17) is 16.3 Å². The van der Waals surface area contributed by atoms with E-state index in [2.05, 4.69) is 5.32 Å². The third-order valence-electron chi connectivity index (χ3n) is 5.33. The Balaban J connectivity index is 2.47. The van der Waals surface area contributed by atoms with Gasteiger partial charge in [0.1, 0.15) is 18.3 Å². The highest BCUT2D eigenvalue weighted by Gasteiger charge is 2.32. The molecule has 10 heteroatoms. The van der Waals surface area contributed by atoms with E-state index in [9.17, 15) is 18.0 Å². The van der Waals surface area contributed by atoms with Gasteiger partial charge in [-0.15, -0.1) is 0 Å². The summed E-state index contributed by atoms with van der Waals surface area (Å²) in [6.45, 7) is 5.40. The Hall–Kier alpha value is -2.78. The number of halogens is 1. The van der Waals surface area contributed by atoms with E-state index >= 15 is 0 Å². The van der Waals surface area contributed by atoms with Crippen molar-refractivity contribution in [2.75, 3.05) is 30.8 Å². The molecule has 0 saturated heterocycles. The second-order valence-corrected chi connectivity index (χ2v) is 10.2. The third-order valence-corrected chi connectivity index (χ3v) is 6.69. The van der Waals surface area contributed by atoms with Crippen LogP contribution in [-0.4, -0.2) is 57.6 Å². The number of amides is 2. The summed E-state index contributed by atoms with van der Waals surface area (Å²) >= 11 is 6.03. The zero-order chi connectivity index (χ0) is 25.5. The summed E-state index contributed by atoms with van der Waals surface area (Å²) in [5, 5.41) is 3.23. The highest BCUT2D eigenvalue weighted by molar-refractivity contribution is 7.92. The average Bonchev–Trinajstić information content (AvgIpc) is 2.77. The molecular weight excluding hydrogens is 478 g/mol. The first-order chi connectivity index (χ1) is 16.0. The first-order valence-electron chi connectivity index (χ1n) is 11.0. The summed E-state index contributed by atoms with van der Waals surface area (Å²) in [6.07, 6.45) is 1.40. The van der Waals surface area contributed by atoms with E-state index in [0.29, 0.717) is 35.0 Å². The maximum Gasteiger partial charge on any atom is 0.244 e. The molecule has 186 valence electrons. The van der Waals surface area contributed by atoms with Crippen molar-refractivity contribution in [3.8, 4) is 5.75 Å². The summed E-state index contributed by atoms with van der Waals surface area (Å²) < 4.78 is 31.7. The van der Waals surface area contributed by atoms with Gasteiger partial charge in [-0.2, -0.15) is 0 Å². The van der Waals surface area contributed by atoms with Crippen LogP contribution in [0.2, 0.25) is 5.02 Å². The number of hydrogen-bond donors (Lipinski definition) is 1. The lowest BCUT2D eigenvalue weighted by molar-refractivity contribution is -0.140. The topological polar surface area (TPSA) is 96.0 Å². The zero-order valence-corrected chi connectivity index (χ0v) is 21.7. The molecule has 2 amide bonds. The summed E-state index contributed by atoms with van der Waals surface area (Å²) in [5.74, 6) is -0.180. The first-order valence-corrected chi connectivity index (χ1v) is 13.2. The molecular formula is C24H32ClN3O5S. The van der Waals surface area contributed by atoms with Gasteiger partial charge in [0.15, 0.2) is 0 Å². The predicted molar refractivity (Wildman–Crippen MR) is 135 cm³/mol. The Kier molecular flexibility index (Phi) is 9.76. The van der Waals surface area contributed by atoms with Crippen LogP contribution in [0.25, 0.3) is 0 Å². The van der Waals surface area contributed by atoms with E-state index < -0.39 is 28.5 Å². The number of ether oxygens (including phenoxy) is 1. The summed E-state index contributed by atoms with van der Waals surface area (Å²) in [7, 11) is -2.26. The molecule has 1 N–H and O–H groups in total. The van der Waals surface area contributed by atoms with Gasteiger partial charge in [0, 0.05) is 18.1 Å². The largest absolute Gasteiger partial charge is 0.497 e. The molecule has 0 aromatic heterocycles. The Morgan fingerprint density at radius 3 is 2.41 bits per heavy atom. The van der Waals surface area contributed by atoms with Gasteiger partial charge in [0.25, 0.3) is 0 Å². The minimum absolute atomic E-state index is 0.114. The van der Waals surface area contributed by atoms with Gasteiger partial charge in [-0.25, -0.2) is 8.42 Å². The van der Waals surface area contributed by atoms with Crippen molar-refractivity contribution in [3.05, 3.63) is 58.6 Å².